The van der Waals surface area contributed by atoms with E-state index < -0.39 is 17.5 Å². The molecule has 1 unspecified atom stereocenters. The van der Waals surface area contributed by atoms with E-state index in [1.807, 2.05) is 32.9 Å². The molecule has 0 aliphatic rings. The van der Waals surface area contributed by atoms with Gasteiger partial charge in [-0.25, -0.2) is 0 Å². The van der Waals surface area contributed by atoms with Crippen molar-refractivity contribution in [2.75, 3.05) is 26.1 Å². The van der Waals surface area contributed by atoms with Crippen molar-refractivity contribution < 1.29 is 28.4 Å². The van der Waals surface area contributed by atoms with E-state index in [9.17, 15) is 14.4 Å². The summed E-state index contributed by atoms with van der Waals surface area (Å²) < 4.78 is 15.8. The van der Waals surface area contributed by atoms with Gasteiger partial charge in [-0.3, -0.25) is 14.4 Å². The van der Waals surface area contributed by atoms with Gasteiger partial charge in [-0.15, -0.1) is 0 Å². The van der Waals surface area contributed by atoms with Crippen molar-refractivity contribution in [1.82, 2.24) is 15.4 Å². The molecule has 0 aliphatic heterocycles. The summed E-state index contributed by atoms with van der Waals surface area (Å²) in [4.78, 5) is 41.9. The number of methoxy groups -OCH3 is 2. The van der Waals surface area contributed by atoms with E-state index in [4.69, 9.17) is 25.6 Å². The number of carbonyl (C=O) groups excluding carboxylic acids is 3. The van der Waals surface area contributed by atoms with Gasteiger partial charge in [0.05, 0.1) is 14.2 Å². The highest BCUT2D eigenvalue weighted by Gasteiger charge is 2.35. The number of aryl methyl sites for hydroxylation is 1. The molecule has 0 aliphatic carbocycles. The van der Waals surface area contributed by atoms with Gasteiger partial charge in [0.15, 0.2) is 17.3 Å². The van der Waals surface area contributed by atoms with Gasteiger partial charge >= 0.3 is 0 Å². The molecule has 1 heterocycles. The Morgan fingerprint density at radius 3 is 2.38 bits per heavy atom. The van der Waals surface area contributed by atoms with Crippen LogP contribution in [0.3, 0.4) is 0 Å². The minimum Gasteiger partial charge on any atom is -0.493 e. The Bertz CT molecular complexity index is 1390. The first-order valence-electron chi connectivity index (χ1n) is 13.8. The summed E-state index contributed by atoms with van der Waals surface area (Å²) in [5.41, 5.74) is 0.841. The molecule has 1 atom stereocenters. The van der Waals surface area contributed by atoms with Crippen molar-refractivity contribution in [1.29, 1.82) is 0 Å². The van der Waals surface area contributed by atoms with E-state index in [0.29, 0.717) is 40.7 Å². The van der Waals surface area contributed by atoms with Crippen molar-refractivity contribution in [3.8, 4) is 11.5 Å². The number of hydrogen-bond acceptors (Lipinski definition) is 7. The van der Waals surface area contributed by atoms with Gasteiger partial charge in [0.1, 0.15) is 11.8 Å². The lowest BCUT2D eigenvalue weighted by atomic mass is 9.98. The zero-order chi connectivity index (χ0) is 30.9. The summed E-state index contributed by atoms with van der Waals surface area (Å²) in [6, 6.07) is 13.0. The molecule has 0 saturated carbocycles. The molecule has 3 amide bonds. The fraction of sp³-hybridized carbons (Fsp3) is 0.419. The first kappa shape index (κ1) is 32.5. The first-order valence-corrected chi connectivity index (χ1v) is 14.2. The fourth-order valence-electron chi connectivity index (χ4n) is 4.32. The molecule has 0 saturated heterocycles. The summed E-state index contributed by atoms with van der Waals surface area (Å²) in [5.74, 6) is 0.809. The molecule has 10 nitrogen and oxygen atoms in total. The highest BCUT2D eigenvalue weighted by Crippen LogP contribution is 2.31. The number of nitrogens with one attached hydrogen (secondary N) is 2. The van der Waals surface area contributed by atoms with Crippen LogP contribution in [0.4, 0.5) is 5.82 Å². The lowest BCUT2D eigenvalue weighted by Crippen LogP contribution is -2.50. The van der Waals surface area contributed by atoms with Crippen molar-refractivity contribution in [3.63, 3.8) is 0 Å². The number of hydrogen-bond donors (Lipinski definition) is 2. The van der Waals surface area contributed by atoms with Gasteiger partial charge in [0.25, 0.3) is 0 Å². The lowest BCUT2D eigenvalue weighted by molar-refractivity contribution is -0.142. The quantitative estimate of drug-likeness (QED) is 0.251. The standard InChI is InChI=1S/C31H39ClN4O6/c1-7-31(3,4)34-30(39)29(22-10-8-9-11-23(22)32)36(17-16-21-12-13-24(40-5)25(19-21)41-6)28(38)15-14-27(37)33-26-18-20(2)42-35-26/h8-13,18-19,29H,7,14-17H2,1-6H3,(H,34,39)(H,33,35,37). The zero-order valence-corrected chi connectivity index (χ0v) is 25.7. The van der Waals surface area contributed by atoms with Gasteiger partial charge in [0.2, 0.25) is 17.7 Å². The summed E-state index contributed by atoms with van der Waals surface area (Å²) in [7, 11) is 3.11. The second-order valence-corrected chi connectivity index (χ2v) is 11.0. The van der Waals surface area contributed by atoms with Crippen LogP contribution in [0.5, 0.6) is 11.5 Å². The maximum Gasteiger partial charge on any atom is 0.247 e. The highest BCUT2D eigenvalue weighted by atomic mass is 35.5. The summed E-state index contributed by atoms with van der Waals surface area (Å²) in [6.45, 7) is 7.69. The number of ether oxygens (including phenoxy) is 2. The Hall–Kier alpha value is -4.05. The highest BCUT2D eigenvalue weighted by molar-refractivity contribution is 6.31. The SMILES string of the molecule is CCC(C)(C)NC(=O)C(c1ccccc1Cl)N(CCc1ccc(OC)c(OC)c1)C(=O)CCC(=O)Nc1cc(C)on1. The molecule has 0 fully saturated rings. The molecule has 0 radical (unpaired) electrons. The monoisotopic (exact) mass is 598 g/mol. The molecule has 226 valence electrons. The van der Waals surface area contributed by atoms with E-state index in [1.54, 1.807) is 57.5 Å². The Kier molecular flexibility index (Phi) is 11.4. The van der Waals surface area contributed by atoms with Crippen LogP contribution in [0.25, 0.3) is 0 Å². The number of rotatable bonds is 14. The number of carbonyl (C=O) groups is 3. The summed E-state index contributed by atoms with van der Waals surface area (Å²) in [6.07, 6.45) is 0.825. The van der Waals surface area contributed by atoms with Crippen LogP contribution >= 0.6 is 11.6 Å². The molecular formula is C31H39ClN4O6. The minimum atomic E-state index is -1.03. The third-order valence-corrected chi connectivity index (χ3v) is 7.32. The molecule has 1 aromatic heterocycles. The normalized spacial score (nSPS) is 11.9. The number of anilines is 1. The van der Waals surface area contributed by atoms with Crippen molar-refractivity contribution >= 4 is 35.1 Å². The summed E-state index contributed by atoms with van der Waals surface area (Å²) >= 11 is 6.60. The van der Waals surface area contributed by atoms with E-state index in [-0.39, 0.29) is 37.0 Å². The second kappa shape index (κ2) is 14.7. The van der Waals surface area contributed by atoms with Crippen molar-refractivity contribution in [2.45, 2.75) is 65.0 Å². The molecule has 0 bridgehead atoms. The van der Waals surface area contributed by atoms with E-state index in [0.717, 1.165) is 5.56 Å². The Balaban J connectivity index is 1.93. The third-order valence-electron chi connectivity index (χ3n) is 6.98. The molecule has 2 N–H and O–H groups in total. The predicted molar refractivity (Wildman–Crippen MR) is 161 cm³/mol. The Labute approximate surface area is 251 Å². The van der Waals surface area contributed by atoms with Crippen LogP contribution in [-0.2, 0) is 20.8 Å². The zero-order valence-electron chi connectivity index (χ0n) is 25.0. The minimum absolute atomic E-state index is 0.116. The maximum absolute atomic E-state index is 13.9. The van der Waals surface area contributed by atoms with Gasteiger partial charge in [0, 0.05) is 41.6 Å². The van der Waals surface area contributed by atoms with Crippen LogP contribution in [0.15, 0.2) is 53.1 Å². The number of nitrogens with zero attached hydrogens (tertiary/aromatic N) is 2. The van der Waals surface area contributed by atoms with Crippen LogP contribution in [0.1, 0.15) is 63.0 Å². The lowest BCUT2D eigenvalue weighted by Gasteiger charge is -2.35. The number of halogens is 1. The topological polar surface area (TPSA) is 123 Å². The van der Waals surface area contributed by atoms with Crippen LogP contribution in [0, 0.1) is 6.92 Å². The van der Waals surface area contributed by atoms with Gasteiger partial charge in [-0.05, 0) is 57.4 Å². The van der Waals surface area contributed by atoms with Crippen molar-refractivity contribution in [3.05, 3.63) is 70.4 Å². The van der Waals surface area contributed by atoms with Gasteiger partial charge < -0.3 is 29.5 Å². The predicted octanol–water partition coefficient (Wildman–Crippen LogP) is 5.49. The number of amides is 3. The smallest absolute Gasteiger partial charge is 0.247 e. The maximum atomic E-state index is 13.9. The molecule has 0 spiro atoms. The largest absolute Gasteiger partial charge is 0.493 e. The summed E-state index contributed by atoms with van der Waals surface area (Å²) in [5, 5.41) is 9.82. The van der Waals surface area contributed by atoms with Crippen LogP contribution < -0.4 is 20.1 Å². The van der Waals surface area contributed by atoms with Crippen LogP contribution in [0.2, 0.25) is 5.02 Å². The molecule has 3 rings (SSSR count). The van der Waals surface area contributed by atoms with E-state index >= 15 is 0 Å². The third kappa shape index (κ3) is 8.72. The second-order valence-electron chi connectivity index (χ2n) is 10.5. The fourth-order valence-corrected chi connectivity index (χ4v) is 4.56. The first-order chi connectivity index (χ1) is 20.0. The van der Waals surface area contributed by atoms with E-state index in [1.165, 1.54) is 4.90 Å². The molecule has 3 aromatic rings. The van der Waals surface area contributed by atoms with Gasteiger partial charge in [-0.2, -0.15) is 0 Å². The number of aromatic nitrogens is 1. The molecule has 2 aromatic carbocycles. The van der Waals surface area contributed by atoms with E-state index in [2.05, 4.69) is 15.8 Å². The van der Waals surface area contributed by atoms with Crippen molar-refractivity contribution in [2.24, 2.45) is 0 Å². The van der Waals surface area contributed by atoms with Gasteiger partial charge in [-0.1, -0.05) is 47.9 Å². The average Bonchev–Trinajstić information content (AvgIpc) is 3.38. The Morgan fingerprint density at radius 1 is 1.05 bits per heavy atom. The molecule has 42 heavy (non-hydrogen) atoms. The number of benzene rings is 2. The Morgan fingerprint density at radius 2 is 1.76 bits per heavy atom. The van der Waals surface area contributed by atoms with Crippen LogP contribution in [-0.4, -0.2) is 54.1 Å². The average molecular weight is 599 g/mol. The molecular weight excluding hydrogens is 560 g/mol. The molecule has 11 heteroatoms.